The molecule has 0 aliphatic rings. The summed E-state index contributed by atoms with van der Waals surface area (Å²) in [5.41, 5.74) is 1.55. The molecule has 7 heteroatoms. The summed E-state index contributed by atoms with van der Waals surface area (Å²) < 4.78 is 18.8. The average molecular weight is 338 g/mol. The van der Waals surface area contributed by atoms with E-state index >= 15 is 0 Å². The first-order valence-electron chi connectivity index (χ1n) is 6.55. The monoisotopic (exact) mass is 337 g/mol. The van der Waals surface area contributed by atoms with Crippen LogP contribution in [0.3, 0.4) is 0 Å². The summed E-state index contributed by atoms with van der Waals surface area (Å²) in [6.07, 6.45) is 0. The average Bonchev–Trinajstić information content (AvgIpc) is 3.06. The maximum Gasteiger partial charge on any atom is 0.269 e. The standard InChI is InChI=1S/C15H13ClFN3OS/c1-20(2)8-9-7-10(17)3-4-11(9)14-18-15(21-19-14)13-12(16)5-6-22-13/h3-7H,8H2,1-2H3. The highest BCUT2D eigenvalue weighted by Crippen LogP contribution is 2.33. The molecule has 2 aromatic heterocycles. The van der Waals surface area contributed by atoms with E-state index in [9.17, 15) is 4.39 Å². The quantitative estimate of drug-likeness (QED) is 0.711. The Morgan fingerprint density at radius 2 is 2.14 bits per heavy atom. The van der Waals surface area contributed by atoms with Gasteiger partial charge in [0, 0.05) is 12.1 Å². The highest BCUT2D eigenvalue weighted by atomic mass is 35.5. The SMILES string of the molecule is CN(C)Cc1cc(F)ccc1-c1noc(-c2sccc2Cl)n1. The smallest absolute Gasteiger partial charge is 0.269 e. The lowest BCUT2D eigenvalue weighted by atomic mass is 10.1. The molecule has 0 N–H and O–H groups in total. The van der Waals surface area contributed by atoms with Gasteiger partial charge < -0.3 is 9.42 Å². The molecule has 0 saturated heterocycles. The fourth-order valence-corrected chi connectivity index (χ4v) is 3.18. The number of thiophene rings is 1. The van der Waals surface area contributed by atoms with Crippen LogP contribution in [-0.2, 0) is 6.54 Å². The van der Waals surface area contributed by atoms with Crippen LogP contribution in [0.2, 0.25) is 5.02 Å². The minimum absolute atomic E-state index is 0.286. The number of aromatic nitrogens is 2. The fourth-order valence-electron chi connectivity index (χ4n) is 2.12. The molecule has 2 heterocycles. The molecular weight excluding hydrogens is 325 g/mol. The van der Waals surface area contributed by atoms with Gasteiger partial charge in [-0.15, -0.1) is 11.3 Å². The maximum absolute atomic E-state index is 13.5. The Morgan fingerprint density at radius 1 is 1.32 bits per heavy atom. The van der Waals surface area contributed by atoms with Gasteiger partial charge in [0.1, 0.15) is 10.7 Å². The normalized spacial score (nSPS) is 11.3. The Balaban J connectivity index is 2.02. The summed E-state index contributed by atoms with van der Waals surface area (Å²) in [5.74, 6) is 0.511. The summed E-state index contributed by atoms with van der Waals surface area (Å²) in [4.78, 5) is 7.08. The lowest BCUT2D eigenvalue weighted by molar-refractivity contribution is 0.401. The van der Waals surface area contributed by atoms with E-state index in [0.717, 1.165) is 16.0 Å². The third-order valence-corrected chi connectivity index (χ3v) is 4.36. The summed E-state index contributed by atoms with van der Waals surface area (Å²) >= 11 is 7.51. The van der Waals surface area contributed by atoms with Crippen molar-refractivity contribution < 1.29 is 8.91 Å². The summed E-state index contributed by atoms with van der Waals surface area (Å²) in [6, 6.07) is 6.33. The summed E-state index contributed by atoms with van der Waals surface area (Å²) in [7, 11) is 3.84. The third-order valence-electron chi connectivity index (χ3n) is 3.03. The Morgan fingerprint density at radius 3 is 2.82 bits per heavy atom. The van der Waals surface area contributed by atoms with Gasteiger partial charge in [-0.25, -0.2) is 4.39 Å². The van der Waals surface area contributed by atoms with Crippen LogP contribution < -0.4 is 0 Å². The number of halogens is 2. The van der Waals surface area contributed by atoms with Gasteiger partial charge in [-0.2, -0.15) is 4.98 Å². The fraction of sp³-hybridized carbons (Fsp3) is 0.200. The van der Waals surface area contributed by atoms with Gasteiger partial charge in [0.2, 0.25) is 5.82 Å². The van der Waals surface area contributed by atoms with Gasteiger partial charge in [0.05, 0.1) is 5.02 Å². The number of hydrogen-bond acceptors (Lipinski definition) is 5. The van der Waals surface area contributed by atoms with Crippen LogP contribution in [0.4, 0.5) is 4.39 Å². The van der Waals surface area contributed by atoms with Crippen LogP contribution in [0.25, 0.3) is 22.2 Å². The largest absolute Gasteiger partial charge is 0.333 e. The minimum atomic E-state index is -0.286. The van der Waals surface area contributed by atoms with Crippen molar-refractivity contribution in [3.63, 3.8) is 0 Å². The molecule has 4 nitrogen and oxygen atoms in total. The van der Waals surface area contributed by atoms with E-state index in [4.69, 9.17) is 16.1 Å². The molecule has 3 aromatic rings. The topological polar surface area (TPSA) is 42.2 Å². The van der Waals surface area contributed by atoms with Gasteiger partial charge in [-0.3, -0.25) is 0 Å². The molecule has 0 aliphatic heterocycles. The maximum atomic E-state index is 13.5. The van der Waals surface area contributed by atoms with Crippen molar-refractivity contribution in [1.82, 2.24) is 15.0 Å². The van der Waals surface area contributed by atoms with Crippen LogP contribution in [-0.4, -0.2) is 29.1 Å². The number of rotatable bonds is 4. The second kappa shape index (κ2) is 6.16. The van der Waals surface area contributed by atoms with Crippen molar-refractivity contribution in [1.29, 1.82) is 0 Å². The molecule has 0 saturated carbocycles. The van der Waals surface area contributed by atoms with Crippen molar-refractivity contribution in [3.05, 3.63) is 46.0 Å². The molecule has 0 unspecified atom stereocenters. The summed E-state index contributed by atoms with van der Waals surface area (Å²) in [5, 5.41) is 6.44. The zero-order valence-electron chi connectivity index (χ0n) is 12.0. The Labute approximate surface area is 136 Å². The molecule has 0 atom stereocenters. The first kappa shape index (κ1) is 15.1. The number of hydrogen-bond donors (Lipinski definition) is 0. The van der Waals surface area contributed by atoms with E-state index in [-0.39, 0.29) is 5.82 Å². The molecule has 0 aliphatic carbocycles. The number of nitrogens with zero attached hydrogens (tertiary/aromatic N) is 3. The Kier molecular flexibility index (Phi) is 4.24. The zero-order valence-corrected chi connectivity index (χ0v) is 13.6. The van der Waals surface area contributed by atoms with Crippen molar-refractivity contribution in [3.8, 4) is 22.2 Å². The predicted molar refractivity (Wildman–Crippen MR) is 85.4 cm³/mol. The minimum Gasteiger partial charge on any atom is -0.333 e. The molecule has 0 radical (unpaired) electrons. The molecule has 0 amide bonds. The van der Waals surface area contributed by atoms with Gasteiger partial charge in [-0.05, 0) is 49.3 Å². The van der Waals surface area contributed by atoms with E-state index in [1.165, 1.54) is 23.5 Å². The molecule has 22 heavy (non-hydrogen) atoms. The lowest BCUT2D eigenvalue weighted by Gasteiger charge is -2.12. The van der Waals surface area contributed by atoms with Crippen molar-refractivity contribution in [2.45, 2.75) is 6.54 Å². The van der Waals surface area contributed by atoms with E-state index < -0.39 is 0 Å². The first-order valence-corrected chi connectivity index (χ1v) is 7.81. The lowest BCUT2D eigenvalue weighted by Crippen LogP contribution is -2.12. The molecular formula is C15H13ClFN3OS. The highest BCUT2D eigenvalue weighted by Gasteiger charge is 2.17. The van der Waals surface area contributed by atoms with E-state index in [1.54, 1.807) is 12.1 Å². The Bertz CT molecular complexity index is 800. The van der Waals surface area contributed by atoms with Crippen LogP contribution in [0, 0.1) is 5.82 Å². The van der Waals surface area contributed by atoms with E-state index in [0.29, 0.717) is 23.3 Å². The van der Waals surface area contributed by atoms with Crippen LogP contribution in [0.5, 0.6) is 0 Å². The van der Waals surface area contributed by atoms with E-state index in [1.807, 2.05) is 24.4 Å². The van der Waals surface area contributed by atoms with Gasteiger partial charge >= 0.3 is 0 Å². The van der Waals surface area contributed by atoms with Crippen molar-refractivity contribution in [2.24, 2.45) is 0 Å². The van der Waals surface area contributed by atoms with Crippen molar-refractivity contribution in [2.75, 3.05) is 14.1 Å². The van der Waals surface area contributed by atoms with E-state index in [2.05, 4.69) is 10.1 Å². The Hall–Kier alpha value is -1.76. The summed E-state index contributed by atoms with van der Waals surface area (Å²) in [6.45, 7) is 0.580. The highest BCUT2D eigenvalue weighted by molar-refractivity contribution is 7.14. The molecule has 0 bridgehead atoms. The van der Waals surface area contributed by atoms with Gasteiger partial charge in [0.15, 0.2) is 0 Å². The molecule has 0 spiro atoms. The number of benzene rings is 1. The zero-order chi connectivity index (χ0) is 15.7. The molecule has 1 aromatic carbocycles. The molecule has 3 rings (SSSR count). The second-order valence-electron chi connectivity index (χ2n) is 5.06. The second-order valence-corrected chi connectivity index (χ2v) is 6.38. The van der Waals surface area contributed by atoms with Gasteiger partial charge in [0.25, 0.3) is 5.89 Å². The predicted octanol–water partition coefficient (Wildman–Crippen LogP) is 4.32. The van der Waals surface area contributed by atoms with Crippen LogP contribution in [0.15, 0.2) is 34.2 Å². The molecule has 0 fully saturated rings. The van der Waals surface area contributed by atoms with Crippen LogP contribution in [0.1, 0.15) is 5.56 Å². The van der Waals surface area contributed by atoms with Crippen LogP contribution >= 0.6 is 22.9 Å². The molecule has 114 valence electrons. The third kappa shape index (κ3) is 3.04. The van der Waals surface area contributed by atoms with Crippen molar-refractivity contribution >= 4 is 22.9 Å². The first-order chi connectivity index (χ1) is 10.5. The van der Waals surface area contributed by atoms with Gasteiger partial charge in [-0.1, -0.05) is 16.8 Å².